The van der Waals surface area contributed by atoms with E-state index in [2.05, 4.69) is 0 Å². The molecule has 0 aromatic heterocycles. The fraction of sp³-hybridized carbons (Fsp3) is 0.278. The molecule has 1 saturated heterocycles. The van der Waals surface area contributed by atoms with Crippen molar-refractivity contribution in [1.29, 1.82) is 0 Å². The highest BCUT2D eigenvalue weighted by Gasteiger charge is 2.26. The molecule has 1 fully saturated rings. The van der Waals surface area contributed by atoms with Gasteiger partial charge in [-0.3, -0.25) is 9.10 Å². The van der Waals surface area contributed by atoms with Gasteiger partial charge in [0.25, 0.3) is 5.91 Å². The van der Waals surface area contributed by atoms with Crippen LogP contribution in [0.4, 0.5) is 11.4 Å². The number of para-hydroxylation sites is 1. The molecule has 0 radical (unpaired) electrons. The number of rotatable bonds is 3. The molecule has 126 valence electrons. The van der Waals surface area contributed by atoms with Crippen molar-refractivity contribution < 1.29 is 13.2 Å². The molecule has 0 N–H and O–H groups in total. The minimum atomic E-state index is -3.28. The average molecular weight is 344 g/mol. The number of sulfonamides is 1. The molecule has 0 unspecified atom stereocenters. The van der Waals surface area contributed by atoms with Gasteiger partial charge in [-0.1, -0.05) is 24.3 Å². The first-order chi connectivity index (χ1) is 11.5. The molecular weight excluding hydrogens is 324 g/mol. The Bertz CT molecular complexity index is 834. The molecule has 6 heteroatoms. The third-order valence-corrected chi connectivity index (χ3v) is 6.05. The van der Waals surface area contributed by atoms with Gasteiger partial charge in [0, 0.05) is 24.8 Å². The summed E-state index contributed by atoms with van der Waals surface area (Å²) in [5, 5.41) is 0. The van der Waals surface area contributed by atoms with Crippen molar-refractivity contribution in [2.45, 2.75) is 12.8 Å². The van der Waals surface area contributed by atoms with Gasteiger partial charge in [0.15, 0.2) is 0 Å². The lowest BCUT2D eigenvalue weighted by Crippen LogP contribution is -2.38. The summed E-state index contributed by atoms with van der Waals surface area (Å²) in [4.78, 5) is 14.3. The minimum Gasteiger partial charge on any atom is -0.311 e. The summed E-state index contributed by atoms with van der Waals surface area (Å²) in [6.07, 6.45) is 1.52. The monoisotopic (exact) mass is 344 g/mol. The topological polar surface area (TPSA) is 57.7 Å². The van der Waals surface area contributed by atoms with Crippen LogP contribution >= 0.6 is 0 Å². The maximum Gasteiger partial charge on any atom is 0.258 e. The van der Waals surface area contributed by atoms with Crippen LogP contribution in [0.25, 0.3) is 0 Å². The first-order valence-electron chi connectivity index (χ1n) is 7.93. The van der Waals surface area contributed by atoms with E-state index < -0.39 is 10.0 Å². The van der Waals surface area contributed by atoms with Crippen LogP contribution in [0.2, 0.25) is 0 Å². The van der Waals surface area contributed by atoms with Crippen molar-refractivity contribution in [1.82, 2.24) is 0 Å². The summed E-state index contributed by atoms with van der Waals surface area (Å²) in [7, 11) is -1.57. The first kappa shape index (κ1) is 16.5. The maximum atomic E-state index is 12.7. The van der Waals surface area contributed by atoms with Gasteiger partial charge in [-0.2, -0.15) is 0 Å². The zero-order valence-electron chi connectivity index (χ0n) is 13.6. The summed E-state index contributed by atoms with van der Waals surface area (Å²) < 4.78 is 25.9. The van der Waals surface area contributed by atoms with E-state index in [1.807, 2.05) is 30.3 Å². The van der Waals surface area contributed by atoms with Gasteiger partial charge in [-0.15, -0.1) is 0 Å². The van der Waals surface area contributed by atoms with E-state index in [-0.39, 0.29) is 11.7 Å². The Morgan fingerprint density at radius 2 is 1.79 bits per heavy atom. The highest BCUT2D eigenvalue weighted by Crippen LogP contribution is 2.25. The molecule has 1 amide bonds. The second-order valence-corrected chi connectivity index (χ2v) is 7.86. The number of benzene rings is 2. The van der Waals surface area contributed by atoms with E-state index in [4.69, 9.17) is 0 Å². The van der Waals surface area contributed by atoms with E-state index in [1.165, 1.54) is 4.31 Å². The Labute approximate surface area is 142 Å². The molecule has 1 aliphatic rings. The Morgan fingerprint density at radius 1 is 1.04 bits per heavy atom. The summed E-state index contributed by atoms with van der Waals surface area (Å²) in [5.41, 5.74) is 1.82. The van der Waals surface area contributed by atoms with E-state index in [0.717, 1.165) is 12.1 Å². The van der Waals surface area contributed by atoms with Crippen LogP contribution in [0.5, 0.6) is 0 Å². The molecule has 1 heterocycles. The van der Waals surface area contributed by atoms with Crippen LogP contribution in [0, 0.1) is 0 Å². The average Bonchev–Trinajstić information content (AvgIpc) is 2.61. The third kappa shape index (κ3) is 3.28. The van der Waals surface area contributed by atoms with Crippen molar-refractivity contribution in [3.05, 3.63) is 60.2 Å². The lowest BCUT2D eigenvalue weighted by Gasteiger charge is -2.28. The molecule has 2 aromatic carbocycles. The van der Waals surface area contributed by atoms with Crippen molar-refractivity contribution in [3.63, 3.8) is 0 Å². The Morgan fingerprint density at radius 3 is 2.50 bits per heavy atom. The molecular formula is C18H20N2O3S. The van der Waals surface area contributed by atoms with E-state index in [1.54, 1.807) is 36.2 Å². The highest BCUT2D eigenvalue weighted by atomic mass is 32.2. The van der Waals surface area contributed by atoms with Crippen molar-refractivity contribution in [2.24, 2.45) is 0 Å². The SMILES string of the molecule is CN(C(=O)c1cccc(N2CCCCS2(=O)=O)c1)c1ccccc1. The summed E-state index contributed by atoms with van der Waals surface area (Å²) in [5.74, 6) is -0.00722. The summed E-state index contributed by atoms with van der Waals surface area (Å²) in [6, 6.07) is 16.2. The summed E-state index contributed by atoms with van der Waals surface area (Å²) in [6.45, 7) is 0.467. The molecule has 1 aliphatic heterocycles. The zero-order valence-corrected chi connectivity index (χ0v) is 14.4. The maximum absolute atomic E-state index is 12.7. The van der Waals surface area contributed by atoms with Gasteiger partial charge in [-0.05, 0) is 43.2 Å². The molecule has 3 rings (SSSR count). The number of nitrogens with zero attached hydrogens (tertiary/aromatic N) is 2. The number of hydrogen-bond acceptors (Lipinski definition) is 3. The fourth-order valence-corrected chi connectivity index (χ4v) is 4.47. The predicted molar refractivity (Wildman–Crippen MR) is 96.0 cm³/mol. The van der Waals surface area contributed by atoms with Crippen LogP contribution in [0.15, 0.2) is 54.6 Å². The van der Waals surface area contributed by atoms with Gasteiger partial charge < -0.3 is 4.90 Å². The lowest BCUT2D eigenvalue weighted by molar-refractivity contribution is 0.0993. The summed E-state index contributed by atoms with van der Waals surface area (Å²) >= 11 is 0. The van der Waals surface area contributed by atoms with Gasteiger partial charge >= 0.3 is 0 Å². The molecule has 24 heavy (non-hydrogen) atoms. The molecule has 0 aliphatic carbocycles. The molecule has 0 saturated carbocycles. The van der Waals surface area contributed by atoms with E-state index >= 15 is 0 Å². The van der Waals surface area contributed by atoms with Crippen molar-refractivity contribution in [2.75, 3.05) is 28.6 Å². The zero-order chi connectivity index (χ0) is 17.2. The molecule has 0 spiro atoms. The van der Waals surface area contributed by atoms with E-state index in [0.29, 0.717) is 24.2 Å². The Kier molecular flexibility index (Phi) is 4.57. The number of amides is 1. The Balaban J connectivity index is 1.89. The van der Waals surface area contributed by atoms with Crippen molar-refractivity contribution in [3.8, 4) is 0 Å². The highest BCUT2D eigenvalue weighted by molar-refractivity contribution is 7.92. The molecule has 2 aromatic rings. The third-order valence-electron chi connectivity index (χ3n) is 4.18. The molecule has 5 nitrogen and oxygen atoms in total. The van der Waals surface area contributed by atoms with Gasteiger partial charge in [0.1, 0.15) is 0 Å². The van der Waals surface area contributed by atoms with Gasteiger partial charge in [0.2, 0.25) is 10.0 Å². The van der Waals surface area contributed by atoms with E-state index in [9.17, 15) is 13.2 Å². The number of anilines is 2. The largest absolute Gasteiger partial charge is 0.311 e. The quantitative estimate of drug-likeness (QED) is 0.860. The van der Waals surface area contributed by atoms with Crippen LogP contribution in [0.1, 0.15) is 23.2 Å². The lowest BCUT2D eigenvalue weighted by atomic mass is 10.1. The second-order valence-electron chi connectivity index (χ2n) is 5.85. The fourth-order valence-electron chi connectivity index (χ4n) is 2.84. The smallest absolute Gasteiger partial charge is 0.258 e. The van der Waals surface area contributed by atoms with Crippen LogP contribution in [0.3, 0.4) is 0 Å². The van der Waals surface area contributed by atoms with Crippen LogP contribution in [-0.4, -0.2) is 33.7 Å². The second kappa shape index (κ2) is 6.65. The van der Waals surface area contributed by atoms with Crippen LogP contribution in [-0.2, 0) is 10.0 Å². The molecule has 0 atom stereocenters. The molecule has 0 bridgehead atoms. The van der Waals surface area contributed by atoms with Crippen LogP contribution < -0.4 is 9.21 Å². The number of carbonyl (C=O) groups is 1. The number of hydrogen-bond donors (Lipinski definition) is 0. The van der Waals surface area contributed by atoms with Gasteiger partial charge in [-0.25, -0.2) is 8.42 Å². The van der Waals surface area contributed by atoms with Crippen molar-refractivity contribution >= 4 is 27.3 Å². The standard InChI is InChI=1S/C18H20N2O3S/c1-19(16-9-3-2-4-10-16)18(21)15-8-7-11-17(14-15)20-12-5-6-13-24(20,22)23/h2-4,7-11,14H,5-6,12-13H2,1H3. The van der Waals surface area contributed by atoms with Gasteiger partial charge in [0.05, 0.1) is 11.4 Å². The number of carbonyl (C=O) groups excluding carboxylic acids is 1. The minimum absolute atomic E-state index is 0.162. The predicted octanol–water partition coefficient (Wildman–Crippen LogP) is 2.89. The Hall–Kier alpha value is -2.34. The first-order valence-corrected chi connectivity index (χ1v) is 9.53. The normalized spacial score (nSPS) is 16.6.